The fourth-order valence-corrected chi connectivity index (χ4v) is 2.76. The van der Waals surface area contributed by atoms with Crippen LogP contribution in [-0.2, 0) is 16.4 Å². The number of aromatic amines is 1. The van der Waals surface area contributed by atoms with E-state index in [1.165, 1.54) is 19.2 Å². The van der Waals surface area contributed by atoms with Crippen molar-refractivity contribution in [3.63, 3.8) is 0 Å². The Hall–Kier alpha value is -2.40. The summed E-state index contributed by atoms with van der Waals surface area (Å²) in [6.45, 7) is 3.26. The van der Waals surface area contributed by atoms with E-state index in [0.717, 1.165) is 6.07 Å². The summed E-state index contributed by atoms with van der Waals surface area (Å²) >= 11 is 0. The van der Waals surface area contributed by atoms with E-state index in [1.807, 2.05) is 6.92 Å². The number of nitriles is 1. The highest BCUT2D eigenvalue weighted by atomic mass is 32.2. The van der Waals surface area contributed by atoms with Gasteiger partial charge in [0.2, 0.25) is 0 Å². The minimum absolute atomic E-state index is 0.0270. The van der Waals surface area contributed by atoms with Gasteiger partial charge in [-0.25, -0.2) is 9.37 Å². The van der Waals surface area contributed by atoms with Crippen LogP contribution in [0.15, 0.2) is 23.4 Å². The van der Waals surface area contributed by atoms with Crippen molar-refractivity contribution in [2.75, 3.05) is 4.72 Å². The highest BCUT2D eigenvalue weighted by Gasteiger charge is 2.19. The van der Waals surface area contributed by atoms with Crippen molar-refractivity contribution in [2.24, 2.45) is 0 Å². The lowest BCUT2D eigenvalue weighted by atomic mass is 10.1. The number of anilines is 1. The first-order valence-corrected chi connectivity index (χ1v) is 7.62. The van der Waals surface area contributed by atoms with Crippen LogP contribution in [0.5, 0.6) is 0 Å². The zero-order valence-electron chi connectivity index (χ0n) is 11.4. The van der Waals surface area contributed by atoms with Gasteiger partial charge < -0.3 is 4.98 Å². The van der Waals surface area contributed by atoms with Crippen LogP contribution in [-0.4, -0.2) is 18.4 Å². The summed E-state index contributed by atoms with van der Waals surface area (Å²) in [5, 5.41) is 8.71. The van der Waals surface area contributed by atoms with Crippen molar-refractivity contribution in [1.29, 1.82) is 5.26 Å². The van der Waals surface area contributed by atoms with E-state index in [1.54, 1.807) is 6.07 Å². The molecule has 0 saturated heterocycles. The van der Waals surface area contributed by atoms with Crippen molar-refractivity contribution in [3.8, 4) is 6.07 Å². The fraction of sp³-hybridized carbons (Fsp3) is 0.231. The molecule has 0 spiro atoms. The lowest BCUT2D eigenvalue weighted by Crippen LogP contribution is -2.15. The van der Waals surface area contributed by atoms with Crippen LogP contribution in [0, 0.1) is 24.1 Å². The molecule has 2 rings (SSSR count). The first kappa shape index (κ1) is 15.0. The Bertz CT molecular complexity index is 821. The maximum Gasteiger partial charge on any atom is 0.278 e. The molecule has 0 saturated carbocycles. The summed E-state index contributed by atoms with van der Waals surface area (Å²) in [5.74, 6) is -0.116. The van der Waals surface area contributed by atoms with Crippen LogP contribution in [0.2, 0.25) is 0 Å². The molecule has 110 valence electrons. The van der Waals surface area contributed by atoms with Gasteiger partial charge in [-0.2, -0.15) is 13.7 Å². The molecule has 1 aromatic carbocycles. The molecule has 8 heteroatoms. The predicted molar refractivity (Wildman–Crippen MR) is 74.6 cm³/mol. The second-order valence-corrected chi connectivity index (χ2v) is 6.05. The molecule has 2 aromatic rings. The molecule has 1 heterocycles. The SMILES string of the molecule is CCc1ncc(S(=O)(=O)Nc2cc(C#N)cc(F)c2C)[nH]1. The normalized spacial score (nSPS) is 11.1. The summed E-state index contributed by atoms with van der Waals surface area (Å²) in [4.78, 5) is 6.58. The summed E-state index contributed by atoms with van der Waals surface area (Å²) in [7, 11) is -3.91. The van der Waals surface area contributed by atoms with E-state index in [-0.39, 0.29) is 21.8 Å². The van der Waals surface area contributed by atoms with Gasteiger partial charge >= 0.3 is 0 Å². The van der Waals surface area contributed by atoms with Gasteiger partial charge in [0.1, 0.15) is 11.6 Å². The largest absolute Gasteiger partial charge is 0.332 e. The van der Waals surface area contributed by atoms with Crippen LogP contribution in [0.1, 0.15) is 23.9 Å². The molecule has 2 N–H and O–H groups in total. The number of benzene rings is 1. The first-order chi connectivity index (χ1) is 9.87. The van der Waals surface area contributed by atoms with E-state index in [2.05, 4.69) is 14.7 Å². The summed E-state index contributed by atoms with van der Waals surface area (Å²) in [6.07, 6.45) is 1.76. The lowest BCUT2D eigenvalue weighted by molar-refractivity contribution is 0.597. The van der Waals surface area contributed by atoms with Crippen LogP contribution in [0.3, 0.4) is 0 Å². The van der Waals surface area contributed by atoms with Crippen LogP contribution >= 0.6 is 0 Å². The molecule has 0 bridgehead atoms. The van der Waals surface area contributed by atoms with E-state index in [0.29, 0.717) is 12.2 Å². The van der Waals surface area contributed by atoms with E-state index >= 15 is 0 Å². The Kier molecular flexibility index (Phi) is 3.95. The van der Waals surface area contributed by atoms with Crippen molar-refractivity contribution < 1.29 is 12.8 Å². The van der Waals surface area contributed by atoms with E-state index < -0.39 is 15.8 Å². The van der Waals surface area contributed by atoms with Gasteiger partial charge in [-0.15, -0.1) is 0 Å². The van der Waals surface area contributed by atoms with Crippen molar-refractivity contribution >= 4 is 15.7 Å². The number of hydrogen-bond acceptors (Lipinski definition) is 4. The van der Waals surface area contributed by atoms with Gasteiger partial charge in [0.15, 0.2) is 5.03 Å². The molecule has 0 aliphatic carbocycles. The average molecular weight is 308 g/mol. The van der Waals surface area contributed by atoms with E-state index in [4.69, 9.17) is 5.26 Å². The zero-order valence-corrected chi connectivity index (χ0v) is 12.3. The van der Waals surface area contributed by atoms with Crippen molar-refractivity contribution in [3.05, 3.63) is 41.1 Å². The Morgan fingerprint density at radius 3 is 2.76 bits per heavy atom. The molecule has 6 nitrogen and oxygen atoms in total. The number of rotatable bonds is 4. The maximum atomic E-state index is 13.7. The van der Waals surface area contributed by atoms with Gasteiger partial charge in [0.25, 0.3) is 10.0 Å². The van der Waals surface area contributed by atoms with Crippen LogP contribution in [0.4, 0.5) is 10.1 Å². The summed E-state index contributed by atoms with van der Waals surface area (Å²) < 4.78 is 40.3. The quantitative estimate of drug-likeness (QED) is 0.903. The minimum Gasteiger partial charge on any atom is -0.332 e. The van der Waals surface area contributed by atoms with Crippen molar-refractivity contribution in [1.82, 2.24) is 9.97 Å². The number of imidazole rings is 1. The third-order valence-corrected chi connectivity index (χ3v) is 4.22. The number of nitrogens with zero attached hydrogens (tertiary/aromatic N) is 2. The molecule has 0 radical (unpaired) electrons. The Morgan fingerprint density at radius 1 is 1.48 bits per heavy atom. The van der Waals surface area contributed by atoms with Crippen LogP contribution in [0.25, 0.3) is 0 Å². The smallest absolute Gasteiger partial charge is 0.278 e. The molecule has 0 atom stereocenters. The molecular formula is C13H13FN4O2S. The third kappa shape index (κ3) is 3.03. The molecule has 0 unspecified atom stereocenters. The fourth-order valence-electron chi connectivity index (χ4n) is 1.71. The lowest BCUT2D eigenvalue weighted by Gasteiger charge is -2.10. The second-order valence-electron chi connectivity index (χ2n) is 4.40. The second kappa shape index (κ2) is 5.54. The number of halogens is 1. The number of aryl methyl sites for hydroxylation is 1. The topological polar surface area (TPSA) is 98.6 Å². The number of nitrogens with one attached hydrogen (secondary N) is 2. The van der Waals surface area contributed by atoms with Gasteiger partial charge in [-0.05, 0) is 19.1 Å². The van der Waals surface area contributed by atoms with Crippen LogP contribution < -0.4 is 4.72 Å². The Morgan fingerprint density at radius 2 is 2.19 bits per heavy atom. The molecule has 0 fully saturated rings. The highest BCUT2D eigenvalue weighted by molar-refractivity contribution is 7.92. The molecule has 0 amide bonds. The number of hydrogen-bond donors (Lipinski definition) is 2. The predicted octanol–water partition coefficient (Wildman–Crippen LogP) is 2.09. The average Bonchev–Trinajstić information content (AvgIpc) is 2.93. The monoisotopic (exact) mass is 308 g/mol. The first-order valence-electron chi connectivity index (χ1n) is 6.14. The highest BCUT2D eigenvalue weighted by Crippen LogP contribution is 2.23. The summed E-state index contributed by atoms with van der Waals surface area (Å²) in [6, 6.07) is 4.12. The zero-order chi connectivity index (χ0) is 15.6. The van der Waals surface area contributed by atoms with Gasteiger partial charge in [0.05, 0.1) is 23.5 Å². The standard InChI is InChI=1S/C13H13FN4O2S/c1-3-12-16-7-13(17-12)21(19,20)18-11-5-9(6-15)4-10(14)8(11)2/h4-5,7,18H,3H2,1-2H3,(H,16,17). The number of sulfonamides is 1. The number of H-pyrrole nitrogens is 1. The molecule has 0 aliphatic heterocycles. The molecule has 1 aromatic heterocycles. The van der Waals surface area contributed by atoms with Crippen molar-refractivity contribution in [2.45, 2.75) is 25.3 Å². The Labute approximate surface area is 121 Å². The Balaban J connectivity index is 2.41. The number of aromatic nitrogens is 2. The van der Waals surface area contributed by atoms with Gasteiger partial charge in [0, 0.05) is 12.0 Å². The van der Waals surface area contributed by atoms with Gasteiger partial charge in [-0.1, -0.05) is 6.92 Å². The van der Waals surface area contributed by atoms with E-state index in [9.17, 15) is 12.8 Å². The maximum absolute atomic E-state index is 13.7. The molecular weight excluding hydrogens is 295 g/mol. The molecule has 0 aliphatic rings. The van der Waals surface area contributed by atoms with Gasteiger partial charge in [-0.3, -0.25) is 4.72 Å². The summed E-state index contributed by atoms with van der Waals surface area (Å²) in [5.41, 5.74) is 0.182. The minimum atomic E-state index is -3.91. The molecule has 21 heavy (non-hydrogen) atoms. The third-order valence-electron chi connectivity index (χ3n) is 2.95.